The third-order valence-corrected chi connectivity index (χ3v) is 14.7. The average molecular weight is 937 g/mol. The first kappa shape index (κ1) is 42.3. The van der Waals surface area contributed by atoms with Crippen molar-refractivity contribution in [1.82, 2.24) is 9.97 Å². The van der Waals surface area contributed by atoms with Crippen LogP contribution in [0.2, 0.25) is 20.1 Å². The van der Waals surface area contributed by atoms with Crippen LogP contribution in [0.5, 0.6) is 0 Å². The third-order valence-electron chi connectivity index (χ3n) is 13.2. The minimum atomic E-state index is -0.305. The Labute approximate surface area is 373 Å². The van der Waals surface area contributed by atoms with Crippen LogP contribution in [0, 0.1) is 28.6 Å². The zero-order valence-corrected chi connectivity index (χ0v) is 37.2. The summed E-state index contributed by atoms with van der Waals surface area (Å²) in [5.41, 5.74) is 6.15. The Morgan fingerprint density at radius 3 is 2.07 bits per heavy atom. The van der Waals surface area contributed by atoms with Crippen molar-refractivity contribution in [3.8, 4) is 11.1 Å². The molecule has 4 aliphatic rings. The maximum absolute atomic E-state index is 12.5. The molecule has 2 saturated heterocycles. The number of benzene rings is 3. The van der Waals surface area contributed by atoms with Crippen molar-refractivity contribution >= 4 is 68.3 Å². The summed E-state index contributed by atoms with van der Waals surface area (Å²) in [5, 5.41) is 5.97. The molecule has 2 aliphatic carbocycles. The van der Waals surface area contributed by atoms with Crippen LogP contribution in [0.15, 0.2) is 113 Å². The first-order chi connectivity index (χ1) is 28.5. The molecule has 2 aromatic heterocycles. The van der Waals surface area contributed by atoms with Gasteiger partial charge >= 0.3 is 5.97 Å². The fourth-order valence-electron chi connectivity index (χ4n) is 10.6. The molecule has 9 rings (SSSR count). The molecule has 12 heteroatoms. The van der Waals surface area contributed by atoms with Gasteiger partial charge in [0, 0.05) is 77.2 Å². The fraction of sp³-hybridized carbons (Fsp3) is 0.383. The lowest BCUT2D eigenvalue weighted by molar-refractivity contribution is -0.144. The van der Waals surface area contributed by atoms with Crippen molar-refractivity contribution < 1.29 is 14.3 Å². The molecule has 0 bridgehead atoms. The molecule has 5 aromatic rings. The van der Waals surface area contributed by atoms with Crippen LogP contribution >= 0.6 is 62.3 Å². The van der Waals surface area contributed by atoms with E-state index in [9.17, 15) is 9.70 Å². The Kier molecular flexibility index (Phi) is 13.1. The van der Waals surface area contributed by atoms with Crippen LogP contribution in [0.4, 0.5) is 0 Å². The highest BCUT2D eigenvalue weighted by molar-refractivity contribution is 9.10. The van der Waals surface area contributed by atoms with Gasteiger partial charge in [-0.2, -0.15) is 4.91 Å². The Morgan fingerprint density at radius 2 is 1.37 bits per heavy atom. The predicted octanol–water partition coefficient (Wildman–Crippen LogP) is 13.5. The highest BCUT2D eigenvalue weighted by atomic mass is 79.9. The second kappa shape index (κ2) is 18.3. The molecule has 59 heavy (non-hydrogen) atoms. The number of rotatable bonds is 6. The SMILES string of the molecule is CC1OC(=O)C2CCC(c3ccccc3)C(c3ccc(-c4cc(Cl)ccc4Cl)cn3)C12.CC1OCC(N=O)C2CCC(c3ccc(Cl)cc3Cl)C(c3ccc(Br)cn3)C12. The maximum Gasteiger partial charge on any atom is 0.309 e. The number of hydrogen-bond donors (Lipinski definition) is 0. The second-order valence-electron chi connectivity index (χ2n) is 16.3. The molecule has 7 nitrogen and oxygen atoms in total. The number of ether oxygens (including phenoxy) is 2. The Bertz CT molecular complexity index is 2280. The number of hydrogen-bond acceptors (Lipinski definition) is 7. The molecular weight excluding hydrogens is 892 g/mol. The van der Waals surface area contributed by atoms with Crippen molar-refractivity contribution in [2.24, 2.45) is 28.8 Å². The van der Waals surface area contributed by atoms with E-state index in [0.29, 0.717) is 32.6 Å². The Morgan fingerprint density at radius 1 is 0.695 bits per heavy atom. The van der Waals surface area contributed by atoms with Gasteiger partial charge in [0.15, 0.2) is 0 Å². The standard InChI is InChI=1S/C26H23Cl2NO2.C21H21BrCl2N2O2/c1-15-24-20(26(30)31-15)10-9-19(16-5-3-2-4-6-16)25(24)23-12-7-17(14-29-23)21-13-18(27)8-11-22(21)28;1-11-20-16(19(26-27)10-28-11)6-5-15(14-4-3-13(23)8-17(14)24)21(20)18-7-2-12(22)9-25-18/h2-8,11-15,19-20,24-25H,9-10H2,1H3;2-4,7-9,11,15-16,19-21H,5-6,10H2,1H3. The highest BCUT2D eigenvalue weighted by Crippen LogP contribution is 2.56. The number of nitroso groups, excluding NO2 is 1. The van der Waals surface area contributed by atoms with Gasteiger partial charge < -0.3 is 9.47 Å². The fourth-order valence-corrected chi connectivity index (χ4v) is 11.7. The van der Waals surface area contributed by atoms with E-state index in [0.717, 1.165) is 58.2 Å². The summed E-state index contributed by atoms with van der Waals surface area (Å²) in [5.74, 6) is 1.04. The quantitative estimate of drug-likeness (QED) is 0.124. The molecule has 4 fully saturated rings. The Hall–Kier alpha value is -3.37. The van der Waals surface area contributed by atoms with E-state index in [4.69, 9.17) is 65.8 Å². The average Bonchev–Trinajstić information content (AvgIpc) is 3.54. The van der Waals surface area contributed by atoms with Gasteiger partial charge in [-0.15, -0.1) is 0 Å². The monoisotopic (exact) mass is 933 g/mol. The van der Waals surface area contributed by atoms with Crippen molar-refractivity contribution in [1.29, 1.82) is 0 Å². The van der Waals surface area contributed by atoms with Crippen molar-refractivity contribution in [3.63, 3.8) is 0 Å². The lowest BCUT2D eigenvalue weighted by Gasteiger charge is -2.49. The molecule has 0 radical (unpaired) electrons. The van der Waals surface area contributed by atoms with Crippen LogP contribution in [0.1, 0.15) is 85.7 Å². The van der Waals surface area contributed by atoms with E-state index in [1.54, 1.807) is 18.2 Å². The molecule has 0 amide bonds. The highest BCUT2D eigenvalue weighted by Gasteiger charge is 2.53. The summed E-state index contributed by atoms with van der Waals surface area (Å²) >= 11 is 28.8. The van der Waals surface area contributed by atoms with Crippen molar-refractivity contribution in [3.05, 3.63) is 155 Å². The number of carbonyl (C=O) groups excluding carboxylic acids is 1. The van der Waals surface area contributed by atoms with Crippen LogP contribution in [-0.4, -0.2) is 40.8 Å². The number of aromatic nitrogens is 2. The van der Waals surface area contributed by atoms with Gasteiger partial charge in [0.25, 0.3) is 0 Å². The number of halogens is 5. The minimum Gasteiger partial charge on any atom is -0.462 e. The third kappa shape index (κ3) is 8.73. The van der Waals surface area contributed by atoms with Gasteiger partial charge in [-0.3, -0.25) is 14.8 Å². The lowest BCUT2D eigenvalue weighted by Crippen LogP contribution is -2.49. The summed E-state index contributed by atoms with van der Waals surface area (Å²) in [7, 11) is 0. The molecule has 4 heterocycles. The summed E-state index contributed by atoms with van der Waals surface area (Å²) in [4.78, 5) is 33.5. The first-order valence-corrected chi connectivity index (χ1v) is 22.5. The van der Waals surface area contributed by atoms with Crippen molar-refractivity contribution in [2.75, 3.05) is 6.61 Å². The smallest absolute Gasteiger partial charge is 0.309 e. The summed E-state index contributed by atoms with van der Waals surface area (Å²) in [6.07, 6.45) is 7.24. The first-order valence-electron chi connectivity index (χ1n) is 20.2. The molecule has 0 N–H and O–H groups in total. The normalized spacial score (nSPS) is 29.9. The number of carbonyl (C=O) groups is 1. The number of nitrogens with zero attached hydrogens (tertiary/aromatic N) is 3. The van der Waals surface area contributed by atoms with E-state index < -0.39 is 0 Å². The summed E-state index contributed by atoms with van der Waals surface area (Å²) in [6.45, 7) is 4.51. The van der Waals surface area contributed by atoms with Gasteiger partial charge in [0.2, 0.25) is 0 Å². The zero-order valence-electron chi connectivity index (χ0n) is 32.6. The molecule has 0 spiro atoms. The van der Waals surface area contributed by atoms with Gasteiger partial charge in [-0.05, 0) is 139 Å². The lowest BCUT2D eigenvalue weighted by atomic mass is 9.59. The second-order valence-corrected chi connectivity index (χ2v) is 18.9. The van der Waals surface area contributed by atoms with Gasteiger partial charge in [0.05, 0.1) is 18.6 Å². The number of fused-ring (bicyclic) bond motifs is 2. The number of cyclic esters (lactones) is 1. The van der Waals surface area contributed by atoms with E-state index in [1.165, 1.54) is 5.56 Å². The van der Waals surface area contributed by atoms with Crippen LogP contribution in [0.25, 0.3) is 11.1 Å². The molecule has 2 aliphatic heterocycles. The molecule has 2 saturated carbocycles. The Balaban J connectivity index is 0.000000165. The molecule has 306 valence electrons. The minimum absolute atomic E-state index is 0.0207. The number of esters is 1. The molecule has 11 atom stereocenters. The molecule has 3 aromatic carbocycles. The largest absolute Gasteiger partial charge is 0.462 e. The van der Waals surface area contributed by atoms with Gasteiger partial charge in [0.1, 0.15) is 12.1 Å². The van der Waals surface area contributed by atoms with Crippen LogP contribution < -0.4 is 0 Å². The van der Waals surface area contributed by atoms with E-state index in [2.05, 4.69) is 64.4 Å². The van der Waals surface area contributed by atoms with Gasteiger partial charge in [-0.25, -0.2) is 0 Å². The van der Waals surface area contributed by atoms with Gasteiger partial charge in [-0.1, -0.05) is 94.0 Å². The number of pyridine rings is 2. The maximum atomic E-state index is 12.5. The van der Waals surface area contributed by atoms with E-state index in [-0.39, 0.29) is 65.6 Å². The summed E-state index contributed by atoms with van der Waals surface area (Å²) in [6, 6.07) is 29.6. The molecular formula is C47H44BrCl4N3O4. The van der Waals surface area contributed by atoms with Crippen LogP contribution in [0.3, 0.4) is 0 Å². The van der Waals surface area contributed by atoms with E-state index >= 15 is 0 Å². The van der Waals surface area contributed by atoms with Crippen LogP contribution in [-0.2, 0) is 14.3 Å². The zero-order chi connectivity index (χ0) is 41.4. The summed E-state index contributed by atoms with van der Waals surface area (Å²) < 4.78 is 12.6. The van der Waals surface area contributed by atoms with Crippen molar-refractivity contribution in [2.45, 2.75) is 81.5 Å². The van der Waals surface area contributed by atoms with E-state index in [1.807, 2.05) is 55.7 Å². The molecule has 11 unspecified atom stereocenters. The predicted molar refractivity (Wildman–Crippen MR) is 238 cm³/mol. The topological polar surface area (TPSA) is 90.7 Å².